The number of aliphatic imine (C=N–C) groups is 1. The van der Waals surface area contributed by atoms with Gasteiger partial charge in [0.25, 0.3) is 0 Å². The fraction of sp³-hybridized carbons (Fsp3) is 0.650. The molecule has 0 aliphatic carbocycles. The Morgan fingerprint density at radius 2 is 1.93 bits per heavy atom. The first-order valence-electron chi connectivity index (χ1n) is 9.53. The van der Waals surface area contributed by atoms with Gasteiger partial charge in [-0.05, 0) is 38.8 Å². The van der Waals surface area contributed by atoms with Gasteiger partial charge in [-0.1, -0.05) is 18.2 Å². The Balaban J connectivity index is 0.00000364. The smallest absolute Gasteiger partial charge is 0.191 e. The number of nitrogens with one attached hydrogen (secondary N) is 2. The molecule has 7 heteroatoms. The minimum absolute atomic E-state index is 0. The Morgan fingerprint density at radius 3 is 2.59 bits per heavy atom. The molecule has 0 aromatic heterocycles. The molecule has 1 aromatic rings. The summed E-state index contributed by atoms with van der Waals surface area (Å²) in [6, 6.07) is 8.14. The molecular formula is C20H35IN4O2. The predicted octanol–water partition coefficient (Wildman–Crippen LogP) is 2.52. The summed E-state index contributed by atoms with van der Waals surface area (Å²) < 4.78 is 10.9. The van der Waals surface area contributed by atoms with Gasteiger partial charge in [0.05, 0.1) is 26.9 Å². The highest BCUT2D eigenvalue weighted by atomic mass is 127. The standard InChI is InChI=1S/C20H34N4O2.HI/c1-5-21-19(22-11-10-17-8-6-7-9-18(17)25-4)23-16-20(2,3)24-12-14-26-15-13-24;/h6-9H,5,10-16H2,1-4H3,(H2,21,22,23);1H. The van der Waals surface area contributed by atoms with E-state index in [1.54, 1.807) is 7.11 Å². The van der Waals surface area contributed by atoms with Gasteiger partial charge in [-0.3, -0.25) is 9.89 Å². The first-order valence-corrected chi connectivity index (χ1v) is 9.53. The lowest BCUT2D eigenvalue weighted by molar-refractivity contribution is -0.00683. The van der Waals surface area contributed by atoms with Crippen LogP contribution in [0.4, 0.5) is 0 Å². The molecule has 1 saturated heterocycles. The zero-order valence-electron chi connectivity index (χ0n) is 17.1. The zero-order valence-corrected chi connectivity index (χ0v) is 19.4. The highest BCUT2D eigenvalue weighted by Crippen LogP contribution is 2.18. The van der Waals surface area contributed by atoms with E-state index in [0.29, 0.717) is 0 Å². The lowest BCUT2D eigenvalue weighted by Gasteiger charge is -2.39. The highest BCUT2D eigenvalue weighted by molar-refractivity contribution is 14.0. The number of para-hydroxylation sites is 1. The topological polar surface area (TPSA) is 58.1 Å². The second kappa shape index (κ2) is 12.4. The Hall–Kier alpha value is -1.06. The first kappa shape index (κ1) is 24.0. The number of guanidine groups is 1. The Morgan fingerprint density at radius 1 is 1.22 bits per heavy atom. The number of nitrogens with zero attached hydrogens (tertiary/aromatic N) is 2. The zero-order chi connectivity index (χ0) is 18.8. The van der Waals surface area contributed by atoms with Gasteiger partial charge in [0.15, 0.2) is 5.96 Å². The summed E-state index contributed by atoms with van der Waals surface area (Å²) in [4.78, 5) is 7.27. The monoisotopic (exact) mass is 490 g/mol. The van der Waals surface area contributed by atoms with Crippen LogP contribution >= 0.6 is 24.0 Å². The maximum atomic E-state index is 5.46. The van der Waals surface area contributed by atoms with Gasteiger partial charge in [-0.15, -0.1) is 24.0 Å². The molecule has 0 spiro atoms. The van der Waals surface area contributed by atoms with E-state index in [1.165, 1.54) is 5.56 Å². The number of ether oxygens (including phenoxy) is 2. The van der Waals surface area contributed by atoms with E-state index in [4.69, 9.17) is 14.5 Å². The second-order valence-electron chi connectivity index (χ2n) is 7.10. The van der Waals surface area contributed by atoms with E-state index in [9.17, 15) is 0 Å². The van der Waals surface area contributed by atoms with E-state index < -0.39 is 0 Å². The van der Waals surface area contributed by atoms with Crippen LogP contribution in [0.1, 0.15) is 26.3 Å². The molecule has 1 heterocycles. The normalized spacial score (nSPS) is 15.8. The number of halogens is 1. The minimum atomic E-state index is 0. The SMILES string of the molecule is CCNC(=NCC(C)(C)N1CCOCC1)NCCc1ccccc1OC.I. The van der Waals surface area contributed by atoms with Gasteiger partial charge >= 0.3 is 0 Å². The van der Waals surface area contributed by atoms with Gasteiger partial charge in [-0.2, -0.15) is 0 Å². The molecule has 0 atom stereocenters. The molecule has 0 amide bonds. The van der Waals surface area contributed by atoms with Crippen molar-refractivity contribution >= 4 is 29.9 Å². The van der Waals surface area contributed by atoms with Crippen LogP contribution in [0, 0.1) is 0 Å². The fourth-order valence-electron chi connectivity index (χ4n) is 3.11. The molecule has 2 rings (SSSR count). The Kier molecular flexibility index (Phi) is 11.0. The van der Waals surface area contributed by atoms with Gasteiger partial charge < -0.3 is 20.1 Å². The Labute approximate surface area is 181 Å². The quantitative estimate of drug-likeness (QED) is 0.333. The first-order chi connectivity index (χ1) is 12.6. The maximum Gasteiger partial charge on any atom is 0.191 e. The molecule has 1 aliphatic rings. The lowest BCUT2D eigenvalue weighted by Crippen LogP contribution is -2.52. The summed E-state index contributed by atoms with van der Waals surface area (Å²) in [5.41, 5.74) is 1.22. The van der Waals surface area contributed by atoms with Crippen molar-refractivity contribution in [3.8, 4) is 5.75 Å². The molecule has 154 valence electrons. The molecule has 27 heavy (non-hydrogen) atoms. The van der Waals surface area contributed by atoms with E-state index >= 15 is 0 Å². The van der Waals surface area contributed by atoms with E-state index in [0.717, 1.165) is 64.1 Å². The summed E-state index contributed by atoms with van der Waals surface area (Å²) in [5.74, 6) is 1.80. The van der Waals surface area contributed by atoms with E-state index in [-0.39, 0.29) is 29.5 Å². The molecule has 0 radical (unpaired) electrons. The molecule has 0 unspecified atom stereocenters. The number of benzene rings is 1. The van der Waals surface area contributed by atoms with Crippen molar-refractivity contribution in [2.24, 2.45) is 4.99 Å². The summed E-state index contributed by atoms with van der Waals surface area (Å²) >= 11 is 0. The van der Waals surface area contributed by atoms with Crippen LogP contribution in [-0.4, -0.2) is 69.4 Å². The molecule has 0 saturated carbocycles. The van der Waals surface area contributed by atoms with Gasteiger partial charge in [0, 0.05) is 31.7 Å². The van der Waals surface area contributed by atoms with Crippen LogP contribution in [-0.2, 0) is 11.2 Å². The van der Waals surface area contributed by atoms with Crippen molar-refractivity contribution in [3.63, 3.8) is 0 Å². The summed E-state index contributed by atoms with van der Waals surface area (Å²) in [6.45, 7) is 12.6. The molecular weight excluding hydrogens is 455 g/mol. The third-order valence-corrected chi connectivity index (χ3v) is 4.71. The maximum absolute atomic E-state index is 5.46. The predicted molar refractivity (Wildman–Crippen MR) is 123 cm³/mol. The summed E-state index contributed by atoms with van der Waals surface area (Å²) in [5, 5.41) is 6.77. The van der Waals surface area contributed by atoms with Crippen molar-refractivity contribution < 1.29 is 9.47 Å². The molecule has 1 fully saturated rings. The van der Waals surface area contributed by atoms with Crippen LogP contribution in [0.15, 0.2) is 29.3 Å². The lowest BCUT2D eigenvalue weighted by atomic mass is 10.0. The molecule has 1 aliphatic heterocycles. The third kappa shape index (κ3) is 7.83. The molecule has 2 N–H and O–H groups in total. The Bertz CT molecular complexity index is 575. The highest BCUT2D eigenvalue weighted by Gasteiger charge is 2.28. The van der Waals surface area contributed by atoms with Gasteiger partial charge in [0.2, 0.25) is 0 Å². The van der Waals surface area contributed by atoms with Crippen molar-refractivity contribution in [2.75, 3.05) is 53.0 Å². The number of hydrogen-bond acceptors (Lipinski definition) is 4. The number of methoxy groups -OCH3 is 1. The summed E-state index contributed by atoms with van der Waals surface area (Å²) in [7, 11) is 1.71. The third-order valence-electron chi connectivity index (χ3n) is 4.71. The van der Waals surface area contributed by atoms with Crippen molar-refractivity contribution in [2.45, 2.75) is 32.7 Å². The van der Waals surface area contributed by atoms with Crippen LogP contribution in [0.25, 0.3) is 0 Å². The molecule has 6 nitrogen and oxygen atoms in total. The fourth-order valence-corrected chi connectivity index (χ4v) is 3.11. The van der Waals surface area contributed by atoms with Crippen molar-refractivity contribution in [1.82, 2.24) is 15.5 Å². The molecule has 0 bridgehead atoms. The van der Waals surface area contributed by atoms with Crippen molar-refractivity contribution in [1.29, 1.82) is 0 Å². The van der Waals surface area contributed by atoms with Crippen LogP contribution in [0.5, 0.6) is 5.75 Å². The van der Waals surface area contributed by atoms with Gasteiger partial charge in [0.1, 0.15) is 5.75 Å². The van der Waals surface area contributed by atoms with E-state index in [2.05, 4.69) is 42.4 Å². The number of rotatable bonds is 8. The van der Waals surface area contributed by atoms with E-state index in [1.807, 2.05) is 18.2 Å². The largest absolute Gasteiger partial charge is 0.496 e. The van der Waals surface area contributed by atoms with Gasteiger partial charge in [-0.25, -0.2) is 0 Å². The van der Waals surface area contributed by atoms with Crippen molar-refractivity contribution in [3.05, 3.63) is 29.8 Å². The molecule has 1 aromatic carbocycles. The summed E-state index contributed by atoms with van der Waals surface area (Å²) in [6.07, 6.45) is 0.890. The average Bonchev–Trinajstić information content (AvgIpc) is 2.67. The number of hydrogen-bond donors (Lipinski definition) is 2. The average molecular weight is 490 g/mol. The second-order valence-corrected chi connectivity index (χ2v) is 7.10. The minimum Gasteiger partial charge on any atom is -0.496 e. The van der Waals surface area contributed by atoms with Crippen LogP contribution in [0.3, 0.4) is 0 Å². The number of morpholine rings is 1. The van der Waals surface area contributed by atoms with Crippen LogP contribution in [0.2, 0.25) is 0 Å². The van der Waals surface area contributed by atoms with Crippen LogP contribution < -0.4 is 15.4 Å².